The van der Waals surface area contributed by atoms with Gasteiger partial charge in [-0.1, -0.05) is 54.6 Å². The smallest absolute Gasteiger partial charge is 0.183 e. The molecule has 0 aliphatic heterocycles. The van der Waals surface area contributed by atoms with Gasteiger partial charge in [0.15, 0.2) is 9.84 Å². The fourth-order valence-electron chi connectivity index (χ4n) is 2.42. The monoisotopic (exact) mass is 297 g/mol. The van der Waals surface area contributed by atoms with Crippen LogP contribution < -0.4 is 5.73 Å². The van der Waals surface area contributed by atoms with Gasteiger partial charge in [0.05, 0.1) is 10.6 Å². The van der Waals surface area contributed by atoms with Crippen molar-refractivity contribution >= 4 is 26.3 Å². The van der Waals surface area contributed by atoms with Gasteiger partial charge in [0, 0.05) is 11.1 Å². The molecule has 21 heavy (non-hydrogen) atoms. The number of fused-ring (bicyclic) bond motifs is 1. The summed E-state index contributed by atoms with van der Waals surface area (Å²) in [5.74, 6) is -0.0896. The van der Waals surface area contributed by atoms with Crippen LogP contribution in [0.3, 0.4) is 0 Å². The molecule has 3 nitrogen and oxygen atoms in total. The number of hydrogen-bond donors (Lipinski definition) is 1. The first-order chi connectivity index (χ1) is 10.1. The largest absolute Gasteiger partial charge is 0.398 e. The second-order valence-corrected chi connectivity index (χ2v) is 6.89. The first-order valence-electron chi connectivity index (χ1n) is 6.62. The molecular formula is C17H15NO2S. The van der Waals surface area contributed by atoms with Gasteiger partial charge in [-0.3, -0.25) is 0 Å². The van der Waals surface area contributed by atoms with Crippen LogP contribution in [0.5, 0.6) is 0 Å². The summed E-state index contributed by atoms with van der Waals surface area (Å²) in [7, 11) is -3.44. The zero-order valence-electron chi connectivity index (χ0n) is 11.4. The quantitative estimate of drug-likeness (QED) is 0.754. The van der Waals surface area contributed by atoms with E-state index in [-0.39, 0.29) is 5.75 Å². The van der Waals surface area contributed by atoms with Crippen molar-refractivity contribution in [3.8, 4) is 0 Å². The number of nitrogens with two attached hydrogens (primary N) is 1. The lowest BCUT2D eigenvalue weighted by atomic mass is 10.1. The van der Waals surface area contributed by atoms with E-state index in [9.17, 15) is 8.42 Å². The highest BCUT2D eigenvalue weighted by atomic mass is 32.2. The summed E-state index contributed by atoms with van der Waals surface area (Å²) < 4.78 is 25.4. The Morgan fingerprint density at radius 1 is 0.810 bits per heavy atom. The maximum Gasteiger partial charge on any atom is 0.183 e. The topological polar surface area (TPSA) is 60.2 Å². The van der Waals surface area contributed by atoms with Gasteiger partial charge in [-0.05, 0) is 23.1 Å². The Morgan fingerprint density at radius 3 is 2.29 bits per heavy atom. The summed E-state index contributed by atoms with van der Waals surface area (Å²) in [4.78, 5) is 0.351. The fraction of sp³-hybridized carbons (Fsp3) is 0.0588. The summed E-state index contributed by atoms with van der Waals surface area (Å²) in [5.41, 5.74) is 6.99. The molecule has 2 N–H and O–H groups in total. The van der Waals surface area contributed by atoms with Crippen molar-refractivity contribution in [1.29, 1.82) is 0 Å². The molecule has 4 heteroatoms. The Kier molecular flexibility index (Phi) is 3.39. The van der Waals surface area contributed by atoms with E-state index in [1.807, 2.05) is 30.3 Å². The van der Waals surface area contributed by atoms with Gasteiger partial charge in [-0.2, -0.15) is 0 Å². The molecule has 0 amide bonds. The predicted molar refractivity (Wildman–Crippen MR) is 85.7 cm³/mol. The van der Waals surface area contributed by atoms with E-state index < -0.39 is 9.84 Å². The lowest BCUT2D eigenvalue weighted by molar-refractivity contribution is 0.596. The number of anilines is 1. The third kappa shape index (κ3) is 2.62. The highest BCUT2D eigenvalue weighted by Crippen LogP contribution is 2.26. The van der Waals surface area contributed by atoms with E-state index in [4.69, 9.17) is 5.73 Å². The maximum absolute atomic E-state index is 12.7. The van der Waals surface area contributed by atoms with Gasteiger partial charge < -0.3 is 5.73 Å². The molecule has 0 radical (unpaired) electrons. The molecule has 3 aromatic carbocycles. The van der Waals surface area contributed by atoms with Crippen molar-refractivity contribution in [2.75, 3.05) is 5.73 Å². The Labute approximate surface area is 124 Å². The molecule has 3 rings (SSSR count). The first-order valence-corrected chi connectivity index (χ1v) is 8.27. The van der Waals surface area contributed by atoms with E-state index in [1.54, 1.807) is 36.4 Å². The third-order valence-electron chi connectivity index (χ3n) is 3.49. The van der Waals surface area contributed by atoms with Crippen LogP contribution in [0, 0.1) is 0 Å². The number of para-hydroxylation sites is 1. The van der Waals surface area contributed by atoms with E-state index in [1.165, 1.54) is 0 Å². The molecule has 0 atom stereocenters. The summed E-state index contributed by atoms with van der Waals surface area (Å²) in [5, 5.41) is 1.66. The van der Waals surface area contributed by atoms with Gasteiger partial charge in [-0.25, -0.2) is 8.42 Å². The molecule has 106 valence electrons. The SMILES string of the molecule is Nc1ccccc1CS(=O)(=O)c1cccc2ccccc12. The summed E-state index contributed by atoms with van der Waals surface area (Å²) in [6.45, 7) is 0. The highest BCUT2D eigenvalue weighted by Gasteiger charge is 2.19. The van der Waals surface area contributed by atoms with Crippen LogP contribution in [0.15, 0.2) is 71.6 Å². The number of hydrogen-bond acceptors (Lipinski definition) is 3. The minimum atomic E-state index is -3.44. The van der Waals surface area contributed by atoms with Crippen LogP contribution in [-0.2, 0) is 15.6 Å². The van der Waals surface area contributed by atoms with Crippen LogP contribution in [0.4, 0.5) is 5.69 Å². The normalized spacial score (nSPS) is 11.6. The van der Waals surface area contributed by atoms with Crippen LogP contribution >= 0.6 is 0 Å². The molecule has 0 fully saturated rings. The highest BCUT2D eigenvalue weighted by molar-refractivity contribution is 7.90. The lowest BCUT2D eigenvalue weighted by Gasteiger charge is -2.09. The zero-order chi connectivity index (χ0) is 14.9. The third-order valence-corrected chi connectivity index (χ3v) is 5.20. The van der Waals surface area contributed by atoms with Gasteiger partial charge in [-0.15, -0.1) is 0 Å². The molecule has 0 aromatic heterocycles. The van der Waals surface area contributed by atoms with Crippen molar-refractivity contribution in [3.05, 3.63) is 72.3 Å². The number of nitrogen functional groups attached to an aromatic ring is 1. The summed E-state index contributed by atoms with van der Waals surface area (Å²) in [6.07, 6.45) is 0. The van der Waals surface area contributed by atoms with E-state index in [0.717, 1.165) is 10.8 Å². The molecule has 0 saturated carbocycles. The molecular weight excluding hydrogens is 282 g/mol. The predicted octanol–water partition coefficient (Wildman–Crippen LogP) is 3.40. The zero-order valence-corrected chi connectivity index (χ0v) is 12.2. The van der Waals surface area contributed by atoms with Gasteiger partial charge in [0.2, 0.25) is 0 Å². The maximum atomic E-state index is 12.7. The molecule has 0 aliphatic carbocycles. The number of sulfone groups is 1. The van der Waals surface area contributed by atoms with Gasteiger partial charge >= 0.3 is 0 Å². The average Bonchev–Trinajstić information content (AvgIpc) is 2.49. The minimum absolute atomic E-state index is 0.0896. The van der Waals surface area contributed by atoms with Crippen molar-refractivity contribution in [2.45, 2.75) is 10.6 Å². The van der Waals surface area contributed by atoms with Crippen LogP contribution in [0.1, 0.15) is 5.56 Å². The van der Waals surface area contributed by atoms with E-state index in [2.05, 4.69) is 0 Å². The molecule has 0 heterocycles. The minimum Gasteiger partial charge on any atom is -0.398 e. The Hall–Kier alpha value is -2.33. The average molecular weight is 297 g/mol. The van der Waals surface area contributed by atoms with Crippen LogP contribution in [0.25, 0.3) is 10.8 Å². The summed E-state index contributed by atoms with van der Waals surface area (Å²) in [6, 6.07) is 19.9. The Balaban J connectivity index is 2.11. The standard InChI is InChI=1S/C17H15NO2S/c18-16-10-4-2-7-14(16)12-21(19,20)17-11-5-8-13-6-1-3-9-15(13)17/h1-11H,12,18H2. The molecule has 0 unspecified atom stereocenters. The number of rotatable bonds is 3. The second-order valence-electron chi connectivity index (χ2n) is 4.94. The fourth-order valence-corrected chi connectivity index (χ4v) is 4.05. The Bertz CT molecular complexity index is 896. The van der Waals surface area contributed by atoms with Crippen LogP contribution in [-0.4, -0.2) is 8.42 Å². The second kappa shape index (κ2) is 5.22. The van der Waals surface area contributed by atoms with E-state index >= 15 is 0 Å². The van der Waals surface area contributed by atoms with Gasteiger partial charge in [0.25, 0.3) is 0 Å². The van der Waals surface area contributed by atoms with E-state index in [0.29, 0.717) is 16.1 Å². The lowest BCUT2D eigenvalue weighted by Crippen LogP contribution is -2.07. The van der Waals surface area contributed by atoms with Crippen molar-refractivity contribution < 1.29 is 8.42 Å². The van der Waals surface area contributed by atoms with Crippen molar-refractivity contribution in [1.82, 2.24) is 0 Å². The molecule has 0 aliphatic rings. The first kappa shape index (κ1) is 13.6. The molecule has 3 aromatic rings. The van der Waals surface area contributed by atoms with Crippen molar-refractivity contribution in [3.63, 3.8) is 0 Å². The Morgan fingerprint density at radius 2 is 1.48 bits per heavy atom. The molecule has 0 spiro atoms. The number of benzene rings is 3. The summed E-state index contributed by atoms with van der Waals surface area (Å²) >= 11 is 0. The van der Waals surface area contributed by atoms with Crippen molar-refractivity contribution in [2.24, 2.45) is 0 Å². The molecule has 0 bridgehead atoms. The molecule has 0 saturated heterocycles. The van der Waals surface area contributed by atoms with Gasteiger partial charge in [0.1, 0.15) is 0 Å². The van der Waals surface area contributed by atoms with Crippen LogP contribution in [0.2, 0.25) is 0 Å².